The Morgan fingerprint density at radius 1 is 1.09 bits per heavy atom. The first kappa shape index (κ1) is 23.3. The highest BCUT2D eigenvalue weighted by Crippen LogP contribution is 2.37. The van der Waals surface area contributed by atoms with Crippen LogP contribution in [0.25, 0.3) is 5.69 Å². The van der Waals surface area contributed by atoms with Gasteiger partial charge in [0.25, 0.3) is 0 Å². The summed E-state index contributed by atoms with van der Waals surface area (Å²) in [6, 6.07) is 11.2. The number of sulfonamides is 1. The van der Waals surface area contributed by atoms with E-state index in [0.717, 1.165) is 48.6 Å². The summed E-state index contributed by atoms with van der Waals surface area (Å²) in [5.41, 5.74) is 1.98. The Morgan fingerprint density at radius 2 is 1.88 bits per heavy atom. The first-order valence-electron chi connectivity index (χ1n) is 11.5. The minimum Gasteiger partial charge on any atom is -0.474 e. The quantitative estimate of drug-likeness (QED) is 0.528. The minimum atomic E-state index is -3.36. The lowest BCUT2D eigenvalue weighted by molar-refractivity contribution is 0.139. The van der Waals surface area contributed by atoms with Crippen LogP contribution < -0.4 is 4.74 Å². The molecule has 0 saturated heterocycles. The monoisotopic (exact) mass is 501 g/mol. The van der Waals surface area contributed by atoms with E-state index >= 15 is 0 Å². The first-order valence-corrected chi connectivity index (χ1v) is 13.8. The molecule has 1 saturated carbocycles. The van der Waals surface area contributed by atoms with Gasteiger partial charge in [0, 0.05) is 42.7 Å². The molecule has 180 valence electrons. The van der Waals surface area contributed by atoms with Crippen molar-refractivity contribution in [3.8, 4) is 11.6 Å². The van der Waals surface area contributed by atoms with E-state index in [2.05, 4.69) is 19.7 Å². The van der Waals surface area contributed by atoms with Crippen LogP contribution in [0.1, 0.15) is 48.8 Å². The summed E-state index contributed by atoms with van der Waals surface area (Å²) in [6.45, 7) is 0. The molecule has 2 aliphatic rings. The van der Waals surface area contributed by atoms with E-state index in [1.807, 2.05) is 36.4 Å². The molecule has 3 heterocycles. The van der Waals surface area contributed by atoms with E-state index in [-0.39, 0.29) is 18.1 Å². The molecule has 1 aliphatic carbocycles. The predicted molar refractivity (Wildman–Crippen MR) is 130 cm³/mol. The van der Waals surface area contributed by atoms with Crippen LogP contribution in [-0.2, 0) is 22.9 Å². The average Bonchev–Trinajstić information content (AvgIpc) is 3.15. The molecule has 1 unspecified atom stereocenters. The van der Waals surface area contributed by atoms with Gasteiger partial charge >= 0.3 is 0 Å². The van der Waals surface area contributed by atoms with Crippen LogP contribution >= 0.6 is 11.6 Å². The highest BCUT2D eigenvalue weighted by molar-refractivity contribution is 7.88. The Labute approximate surface area is 205 Å². The fourth-order valence-electron chi connectivity index (χ4n) is 5.02. The van der Waals surface area contributed by atoms with Crippen molar-refractivity contribution in [3.05, 3.63) is 64.8 Å². The third kappa shape index (κ3) is 4.69. The summed E-state index contributed by atoms with van der Waals surface area (Å²) in [4.78, 5) is 4.27. The van der Waals surface area contributed by atoms with Crippen molar-refractivity contribution in [2.24, 2.45) is 0 Å². The Kier molecular flexibility index (Phi) is 6.35. The molecule has 8 nitrogen and oxygen atoms in total. The van der Waals surface area contributed by atoms with Crippen molar-refractivity contribution in [1.29, 1.82) is 0 Å². The first-order chi connectivity index (χ1) is 16.3. The predicted octanol–water partition coefficient (Wildman–Crippen LogP) is 3.78. The number of pyridine rings is 1. The maximum absolute atomic E-state index is 12.3. The van der Waals surface area contributed by atoms with Gasteiger partial charge in [-0.05, 0) is 61.9 Å². The number of hydrogen-bond acceptors (Lipinski definition) is 6. The standard InChI is InChI=1S/C24H28ClN5O3S/c1-29(34(2,31)32)19-14-17-13-18(25)8-11-21(17)30-22(15-19)27-28-24(30)16-6-9-20(10-7-16)33-23-5-3-4-12-26-23/h3-5,8,11-13,16,19-20H,6-7,9-10,14-15H2,1-2H3/t16-,19?,20-. The number of ether oxygens (including phenoxy) is 1. The van der Waals surface area contributed by atoms with Gasteiger partial charge in [0.1, 0.15) is 17.8 Å². The molecule has 0 bridgehead atoms. The van der Waals surface area contributed by atoms with Crippen molar-refractivity contribution in [1.82, 2.24) is 24.1 Å². The van der Waals surface area contributed by atoms with Gasteiger partial charge in [-0.15, -0.1) is 10.2 Å². The highest BCUT2D eigenvalue weighted by atomic mass is 35.5. The second kappa shape index (κ2) is 9.28. The van der Waals surface area contributed by atoms with E-state index in [1.165, 1.54) is 10.6 Å². The fraction of sp³-hybridized carbons (Fsp3) is 0.458. The molecule has 1 aromatic carbocycles. The normalized spacial score (nSPS) is 22.6. The van der Waals surface area contributed by atoms with E-state index in [9.17, 15) is 8.42 Å². The number of hydrogen-bond donors (Lipinski definition) is 0. The Bertz CT molecular complexity index is 1270. The van der Waals surface area contributed by atoms with Gasteiger partial charge in [-0.2, -0.15) is 0 Å². The van der Waals surface area contributed by atoms with Gasteiger partial charge < -0.3 is 4.74 Å². The third-order valence-corrected chi connectivity index (χ3v) is 8.49. The summed E-state index contributed by atoms with van der Waals surface area (Å²) >= 11 is 6.33. The lowest BCUT2D eigenvalue weighted by Crippen LogP contribution is -2.39. The highest BCUT2D eigenvalue weighted by Gasteiger charge is 2.34. The molecule has 34 heavy (non-hydrogen) atoms. The SMILES string of the molecule is CN(C1Cc2cc(Cl)ccc2-n2c(nnc2[C@H]2CC[C@H](Oc3ccccn3)CC2)C1)S(C)(=O)=O. The number of nitrogens with zero attached hydrogens (tertiary/aromatic N) is 5. The molecule has 1 aliphatic heterocycles. The molecule has 1 fully saturated rings. The minimum absolute atomic E-state index is 0.136. The molecule has 2 aromatic heterocycles. The van der Waals surface area contributed by atoms with Crippen molar-refractivity contribution >= 4 is 21.6 Å². The van der Waals surface area contributed by atoms with E-state index in [4.69, 9.17) is 16.3 Å². The topological polar surface area (TPSA) is 90.2 Å². The van der Waals surface area contributed by atoms with Crippen LogP contribution in [0.4, 0.5) is 0 Å². The summed E-state index contributed by atoms with van der Waals surface area (Å²) in [6.07, 6.45) is 7.86. The largest absolute Gasteiger partial charge is 0.474 e. The second-order valence-corrected chi connectivity index (χ2v) is 11.7. The van der Waals surface area contributed by atoms with Crippen LogP contribution in [-0.4, -0.2) is 57.9 Å². The molecule has 0 N–H and O–H groups in total. The maximum atomic E-state index is 12.3. The van der Waals surface area contributed by atoms with Crippen molar-refractivity contribution in [3.63, 3.8) is 0 Å². The van der Waals surface area contributed by atoms with Crippen LogP contribution in [0, 0.1) is 0 Å². The van der Waals surface area contributed by atoms with Crippen LogP contribution in [0.2, 0.25) is 5.02 Å². The molecular formula is C24H28ClN5O3S. The van der Waals surface area contributed by atoms with E-state index < -0.39 is 10.0 Å². The van der Waals surface area contributed by atoms with Crippen molar-refractivity contribution < 1.29 is 13.2 Å². The molecule has 0 amide bonds. The third-order valence-electron chi connectivity index (χ3n) is 6.91. The van der Waals surface area contributed by atoms with E-state index in [0.29, 0.717) is 23.7 Å². The summed E-state index contributed by atoms with van der Waals surface area (Å²) in [5.74, 6) is 2.62. The zero-order chi connectivity index (χ0) is 23.9. The summed E-state index contributed by atoms with van der Waals surface area (Å²) in [5, 5.41) is 9.77. The van der Waals surface area contributed by atoms with Gasteiger partial charge in [-0.25, -0.2) is 17.7 Å². The van der Waals surface area contributed by atoms with Gasteiger partial charge in [-0.3, -0.25) is 4.57 Å². The van der Waals surface area contributed by atoms with Crippen molar-refractivity contribution in [2.45, 2.75) is 56.6 Å². The number of rotatable bonds is 5. The fourth-order valence-corrected chi connectivity index (χ4v) is 5.90. The number of likely N-dealkylation sites (N-methyl/N-ethyl adjacent to an activating group) is 1. The van der Waals surface area contributed by atoms with Crippen LogP contribution in [0.5, 0.6) is 5.88 Å². The van der Waals surface area contributed by atoms with Crippen LogP contribution in [0.15, 0.2) is 42.6 Å². The van der Waals surface area contributed by atoms with Crippen molar-refractivity contribution in [2.75, 3.05) is 13.3 Å². The number of aromatic nitrogens is 4. The summed E-state index contributed by atoms with van der Waals surface area (Å²) in [7, 11) is -1.73. The molecule has 10 heteroatoms. The lowest BCUT2D eigenvalue weighted by atomic mass is 9.86. The lowest BCUT2D eigenvalue weighted by Gasteiger charge is -2.28. The molecule has 5 rings (SSSR count). The molecule has 1 atom stereocenters. The van der Waals surface area contributed by atoms with E-state index in [1.54, 1.807) is 13.2 Å². The zero-order valence-corrected chi connectivity index (χ0v) is 20.8. The number of halogens is 1. The molecule has 0 radical (unpaired) electrons. The van der Waals surface area contributed by atoms with Gasteiger partial charge in [0.15, 0.2) is 0 Å². The van der Waals surface area contributed by atoms with Gasteiger partial charge in [0.2, 0.25) is 15.9 Å². The number of benzene rings is 1. The number of fused-ring (bicyclic) bond motifs is 3. The van der Waals surface area contributed by atoms with Crippen LogP contribution in [0.3, 0.4) is 0 Å². The molecular weight excluding hydrogens is 474 g/mol. The summed E-state index contributed by atoms with van der Waals surface area (Å²) < 4.78 is 34.2. The molecule has 3 aromatic rings. The van der Waals surface area contributed by atoms with Gasteiger partial charge in [-0.1, -0.05) is 17.7 Å². The Hall–Kier alpha value is -2.49. The Morgan fingerprint density at radius 3 is 2.59 bits per heavy atom. The van der Waals surface area contributed by atoms with Gasteiger partial charge in [0.05, 0.1) is 11.9 Å². The Balaban J connectivity index is 1.42. The molecule has 0 spiro atoms. The second-order valence-electron chi connectivity index (χ2n) is 9.18. The zero-order valence-electron chi connectivity index (χ0n) is 19.3. The maximum Gasteiger partial charge on any atom is 0.213 e. The smallest absolute Gasteiger partial charge is 0.213 e. The average molecular weight is 502 g/mol.